The second-order valence-corrected chi connectivity index (χ2v) is 7.43. The predicted octanol–water partition coefficient (Wildman–Crippen LogP) is 4.07. The Bertz CT molecular complexity index is 868. The number of aromatic nitrogens is 2. The van der Waals surface area contributed by atoms with E-state index in [2.05, 4.69) is 15.3 Å². The van der Waals surface area contributed by atoms with Gasteiger partial charge in [-0.3, -0.25) is 10.1 Å². The van der Waals surface area contributed by atoms with Gasteiger partial charge in [0.05, 0.1) is 17.2 Å². The Morgan fingerprint density at radius 1 is 1.29 bits per heavy atom. The standard InChI is InChI=1S/C15H13N3O3S3/c1-3-21-14(20)11-8(2)16-15(24-11)18-12(19)9-7-23-13(17-9)10-5-4-6-22-10/h4-7H,3H2,1-2H3,(H,16,18,19). The lowest BCUT2D eigenvalue weighted by atomic mass is 10.4. The van der Waals surface area contributed by atoms with Gasteiger partial charge in [-0.1, -0.05) is 17.4 Å². The molecule has 0 aromatic carbocycles. The molecule has 1 amide bonds. The number of thiophene rings is 1. The summed E-state index contributed by atoms with van der Waals surface area (Å²) < 4.78 is 4.97. The lowest BCUT2D eigenvalue weighted by Crippen LogP contribution is -2.12. The first-order valence-electron chi connectivity index (χ1n) is 7.03. The van der Waals surface area contributed by atoms with Crippen LogP contribution in [-0.2, 0) is 4.74 Å². The number of anilines is 1. The monoisotopic (exact) mass is 379 g/mol. The second-order valence-electron chi connectivity index (χ2n) is 4.62. The van der Waals surface area contributed by atoms with Gasteiger partial charge < -0.3 is 4.74 Å². The van der Waals surface area contributed by atoms with Crippen molar-refractivity contribution in [2.24, 2.45) is 0 Å². The van der Waals surface area contributed by atoms with E-state index in [1.54, 1.807) is 30.6 Å². The molecule has 0 aliphatic carbocycles. The predicted molar refractivity (Wildman–Crippen MR) is 96.2 cm³/mol. The first kappa shape index (κ1) is 16.7. The number of nitrogens with one attached hydrogen (secondary N) is 1. The molecule has 124 valence electrons. The van der Waals surface area contributed by atoms with Gasteiger partial charge in [-0.25, -0.2) is 14.8 Å². The second kappa shape index (κ2) is 7.20. The molecule has 9 heteroatoms. The summed E-state index contributed by atoms with van der Waals surface area (Å²) in [6, 6.07) is 3.90. The Kier molecular flexibility index (Phi) is 5.03. The number of thiazole rings is 2. The fourth-order valence-electron chi connectivity index (χ4n) is 1.89. The molecule has 3 rings (SSSR count). The van der Waals surface area contributed by atoms with Crippen molar-refractivity contribution in [3.8, 4) is 9.88 Å². The third-order valence-electron chi connectivity index (χ3n) is 2.95. The third kappa shape index (κ3) is 3.53. The molecule has 24 heavy (non-hydrogen) atoms. The number of hydrogen-bond donors (Lipinski definition) is 1. The number of carbonyl (C=O) groups excluding carboxylic acids is 2. The van der Waals surface area contributed by atoms with E-state index in [4.69, 9.17) is 4.74 Å². The molecule has 0 unspecified atom stereocenters. The minimum absolute atomic E-state index is 0.294. The van der Waals surface area contributed by atoms with E-state index in [-0.39, 0.29) is 5.91 Å². The van der Waals surface area contributed by atoms with Crippen molar-refractivity contribution >= 4 is 51.0 Å². The summed E-state index contributed by atoms with van der Waals surface area (Å²) in [6.07, 6.45) is 0. The molecule has 3 aromatic heterocycles. The molecular weight excluding hydrogens is 366 g/mol. The minimum Gasteiger partial charge on any atom is -0.462 e. The van der Waals surface area contributed by atoms with Crippen molar-refractivity contribution in [1.29, 1.82) is 0 Å². The zero-order valence-corrected chi connectivity index (χ0v) is 15.3. The maximum Gasteiger partial charge on any atom is 0.350 e. The highest BCUT2D eigenvalue weighted by molar-refractivity contribution is 7.20. The zero-order chi connectivity index (χ0) is 17.1. The lowest BCUT2D eigenvalue weighted by molar-refractivity contribution is 0.0531. The van der Waals surface area contributed by atoms with E-state index < -0.39 is 5.97 Å². The molecule has 0 aliphatic rings. The average molecular weight is 379 g/mol. The Hall–Kier alpha value is -2.10. The molecule has 6 nitrogen and oxygen atoms in total. The first-order valence-corrected chi connectivity index (χ1v) is 9.61. The highest BCUT2D eigenvalue weighted by Gasteiger charge is 2.19. The van der Waals surface area contributed by atoms with E-state index in [0.29, 0.717) is 28.0 Å². The van der Waals surface area contributed by atoms with E-state index in [1.807, 2.05) is 17.5 Å². The first-order chi connectivity index (χ1) is 11.6. The van der Waals surface area contributed by atoms with Crippen molar-refractivity contribution in [2.45, 2.75) is 13.8 Å². The maximum atomic E-state index is 12.3. The van der Waals surface area contributed by atoms with Gasteiger partial charge in [0.1, 0.15) is 15.6 Å². The number of aryl methyl sites for hydroxylation is 1. The largest absolute Gasteiger partial charge is 0.462 e. The van der Waals surface area contributed by atoms with Crippen molar-refractivity contribution in [3.63, 3.8) is 0 Å². The number of carbonyl (C=O) groups is 2. The van der Waals surface area contributed by atoms with Crippen LogP contribution in [0.1, 0.15) is 32.8 Å². The van der Waals surface area contributed by atoms with Crippen LogP contribution in [-0.4, -0.2) is 28.5 Å². The number of rotatable bonds is 5. The summed E-state index contributed by atoms with van der Waals surface area (Å²) in [5, 5.41) is 7.51. The summed E-state index contributed by atoms with van der Waals surface area (Å²) in [4.78, 5) is 34.1. The average Bonchev–Trinajstić information content (AvgIpc) is 3.27. The fraction of sp³-hybridized carbons (Fsp3) is 0.200. The summed E-state index contributed by atoms with van der Waals surface area (Å²) in [5.74, 6) is -0.778. The molecule has 0 bridgehead atoms. The number of amides is 1. The lowest BCUT2D eigenvalue weighted by Gasteiger charge is -1.98. The highest BCUT2D eigenvalue weighted by Crippen LogP contribution is 2.28. The molecule has 3 aromatic rings. The van der Waals surface area contributed by atoms with Gasteiger partial charge in [0.15, 0.2) is 5.13 Å². The van der Waals surface area contributed by atoms with Crippen molar-refractivity contribution in [3.05, 3.63) is 39.2 Å². The van der Waals surface area contributed by atoms with Crippen LogP contribution < -0.4 is 5.32 Å². The summed E-state index contributed by atoms with van der Waals surface area (Å²) in [7, 11) is 0. The van der Waals surface area contributed by atoms with E-state index in [0.717, 1.165) is 21.2 Å². The van der Waals surface area contributed by atoms with Gasteiger partial charge in [-0.2, -0.15) is 0 Å². The Morgan fingerprint density at radius 2 is 2.12 bits per heavy atom. The Morgan fingerprint density at radius 3 is 2.83 bits per heavy atom. The molecule has 3 heterocycles. The van der Waals surface area contributed by atoms with Crippen LogP contribution in [0.25, 0.3) is 9.88 Å². The molecule has 0 fully saturated rings. The number of nitrogens with zero attached hydrogens (tertiary/aromatic N) is 2. The van der Waals surface area contributed by atoms with Crippen LogP contribution in [0.15, 0.2) is 22.9 Å². The molecule has 0 spiro atoms. The van der Waals surface area contributed by atoms with E-state index in [1.165, 1.54) is 11.3 Å². The van der Waals surface area contributed by atoms with Crippen molar-refractivity contribution < 1.29 is 14.3 Å². The van der Waals surface area contributed by atoms with Gasteiger partial charge in [0.25, 0.3) is 5.91 Å². The highest BCUT2D eigenvalue weighted by atomic mass is 32.1. The topological polar surface area (TPSA) is 81.2 Å². The third-order valence-corrected chi connectivity index (χ3v) is 5.88. The number of ether oxygens (including phenoxy) is 1. The zero-order valence-electron chi connectivity index (χ0n) is 12.9. The van der Waals surface area contributed by atoms with Gasteiger partial charge in [-0.15, -0.1) is 22.7 Å². The smallest absolute Gasteiger partial charge is 0.350 e. The van der Waals surface area contributed by atoms with Gasteiger partial charge in [-0.05, 0) is 25.3 Å². The van der Waals surface area contributed by atoms with Gasteiger partial charge in [0, 0.05) is 5.38 Å². The van der Waals surface area contributed by atoms with Crippen LogP contribution in [0.5, 0.6) is 0 Å². The van der Waals surface area contributed by atoms with Crippen LogP contribution >= 0.6 is 34.0 Å². The van der Waals surface area contributed by atoms with Crippen molar-refractivity contribution in [2.75, 3.05) is 11.9 Å². The summed E-state index contributed by atoms with van der Waals surface area (Å²) in [5.41, 5.74) is 0.861. The normalized spacial score (nSPS) is 10.6. The van der Waals surface area contributed by atoms with Crippen LogP contribution in [0, 0.1) is 6.92 Å². The molecule has 0 saturated carbocycles. The minimum atomic E-state index is -0.429. The summed E-state index contributed by atoms with van der Waals surface area (Å²) in [6.45, 7) is 3.74. The number of hydrogen-bond acceptors (Lipinski definition) is 8. The van der Waals surface area contributed by atoms with E-state index >= 15 is 0 Å². The molecule has 0 atom stereocenters. The van der Waals surface area contributed by atoms with Crippen LogP contribution in [0.2, 0.25) is 0 Å². The van der Waals surface area contributed by atoms with Gasteiger partial charge >= 0.3 is 5.97 Å². The van der Waals surface area contributed by atoms with Crippen LogP contribution in [0.4, 0.5) is 5.13 Å². The summed E-state index contributed by atoms with van der Waals surface area (Å²) >= 11 is 4.08. The quantitative estimate of drug-likeness (QED) is 0.676. The van der Waals surface area contributed by atoms with Crippen LogP contribution in [0.3, 0.4) is 0 Å². The van der Waals surface area contributed by atoms with Gasteiger partial charge in [0.2, 0.25) is 0 Å². The molecule has 1 N–H and O–H groups in total. The number of esters is 1. The molecular formula is C15H13N3O3S3. The Labute approximate surface area is 150 Å². The maximum absolute atomic E-state index is 12.3. The fourth-order valence-corrected chi connectivity index (χ4v) is 4.36. The SMILES string of the molecule is CCOC(=O)c1sc(NC(=O)c2csc(-c3cccs3)n2)nc1C. The van der Waals surface area contributed by atoms with E-state index in [9.17, 15) is 9.59 Å². The molecule has 0 aliphatic heterocycles. The van der Waals surface area contributed by atoms with Crippen molar-refractivity contribution in [1.82, 2.24) is 9.97 Å². The molecule has 0 saturated heterocycles. The Balaban J connectivity index is 1.73. The molecule has 0 radical (unpaired) electrons.